The third-order valence-electron chi connectivity index (χ3n) is 7.13. The predicted octanol–water partition coefficient (Wildman–Crippen LogP) is 2.69. The maximum atomic E-state index is 13.6. The van der Waals surface area contributed by atoms with Gasteiger partial charge in [0.25, 0.3) is 5.56 Å². The summed E-state index contributed by atoms with van der Waals surface area (Å²) in [7, 11) is -3.82. The standard InChI is InChI=1S/C28H36N8O4S/c1-4-11-36-26-24(23(33-36)17-20-9-7-8-10-29-20)27(37)32-25(31-26)22-18-21(19-30-28(22)40-16-5-2)41(38,39)35-14-12-34(6-3)13-15-35/h7-10,18-19H,4-6,11-17H2,1-3H3,(H,31,32,37). The number of rotatable bonds is 11. The molecule has 1 aliphatic rings. The minimum Gasteiger partial charge on any atom is -0.477 e. The number of hydrogen-bond donors (Lipinski definition) is 1. The Balaban J connectivity index is 1.60. The van der Waals surface area contributed by atoms with Gasteiger partial charge in [0.2, 0.25) is 15.9 Å². The summed E-state index contributed by atoms with van der Waals surface area (Å²) in [6.45, 7) is 10.00. The van der Waals surface area contributed by atoms with E-state index in [1.165, 1.54) is 16.6 Å². The van der Waals surface area contributed by atoms with Crippen molar-refractivity contribution in [2.75, 3.05) is 39.3 Å². The monoisotopic (exact) mass is 580 g/mol. The average Bonchev–Trinajstić information content (AvgIpc) is 3.33. The number of ether oxygens (including phenoxy) is 1. The fourth-order valence-corrected chi connectivity index (χ4v) is 6.33. The lowest BCUT2D eigenvalue weighted by atomic mass is 10.1. The summed E-state index contributed by atoms with van der Waals surface area (Å²) in [6, 6.07) is 7.12. The number of fused-ring (bicyclic) bond motifs is 1. The second-order valence-corrected chi connectivity index (χ2v) is 11.9. The number of nitrogens with zero attached hydrogens (tertiary/aromatic N) is 7. The number of aromatic nitrogens is 6. The highest BCUT2D eigenvalue weighted by Crippen LogP contribution is 2.30. The summed E-state index contributed by atoms with van der Waals surface area (Å²) in [5.41, 5.74) is 1.72. The van der Waals surface area contributed by atoms with Crippen molar-refractivity contribution in [3.05, 3.63) is 58.4 Å². The van der Waals surface area contributed by atoms with Crippen LogP contribution in [-0.4, -0.2) is 86.7 Å². The molecule has 0 spiro atoms. The van der Waals surface area contributed by atoms with Crippen LogP contribution in [0.4, 0.5) is 0 Å². The number of hydrogen-bond acceptors (Lipinski definition) is 9. The summed E-state index contributed by atoms with van der Waals surface area (Å²) in [5, 5.41) is 5.10. The topological polar surface area (TPSA) is 139 Å². The van der Waals surface area contributed by atoms with Crippen LogP contribution in [0, 0.1) is 0 Å². The van der Waals surface area contributed by atoms with Crippen molar-refractivity contribution in [3.63, 3.8) is 0 Å². The van der Waals surface area contributed by atoms with E-state index in [0.717, 1.165) is 25.1 Å². The molecule has 41 heavy (non-hydrogen) atoms. The molecule has 1 fully saturated rings. The molecule has 0 unspecified atom stereocenters. The van der Waals surface area contributed by atoms with Gasteiger partial charge in [-0.15, -0.1) is 0 Å². The van der Waals surface area contributed by atoms with Crippen molar-refractivity contribution < 1.29 is 13.2 Å². The lowest BCUT2D eigenvalue weighted by Gasteiger charge is -2.33. The number of H-pyrrole nitrogens is 1. The minimum absolute atomic E-state index is 0.0296. The zero-order chi connectivity index (χ0) is 29.0. The Hall–Kier alpha value is -3.68. The first kappa shape index (κ1) is 28.8. The van der Waals surface area contributed by atoms with Crippen LogP contribution < -0.4 is 10.3 Å². The van der Waals surface area contributed by atoms with Gasteiger partial charge in [-0.3, -0.25) is 9.78 Å². The SMILES string of the molecule is CCCOc1ncc(S(=O)(=O)N2CCN(CC)CC2)cc1-c1nc2c(c(Cc3ccccn3)nn2CCC)c(=O)[nH]1. The van der Waals surface area contributed by atoms with E-state index < -0.39 is 10.0 Å². The second kappa shape index (κ2) is 12.5. The van der Waals surface area contributed by atoms with Gasteiger partial charge in [0.05, 0.1) is 24.1 Å². The predicted molar refractivity (Wildman–Crippen MR) is 155 cm³/mol. The van der Waals surface area contributed by atoms with Gasteiger partial charge < -0.3 is 14.6 Å². The molecule has 5 rings (SSSR count). The third-order valence-corrected chi connectivity index (χ3v) is 8.99. The van der Waals surface area contributed by atoms with Crippen LogP contribution in [0.2, 0.25) is 0 Å². The zero-order valence-electron chi connectivity index (χ0n) is 23.7. The molecule has 13 heteroatoms. The zero-order valence-corrected chi connectivity index (χ0v) is 24.5. The average molecular weight is 581 g/mol. The molecule has 218 valence electrons. The van der Waals surface area contributed by atoms with Crippen molar-refractivity contribution in [1.82, 2.24) is 38.9 Å². The Bertz CT molecular complexity index is 1660. The van der Waals surface area contributed by atoms with Crippen molar-refractivity contribution in [3.8, 4) is 17.3 Å². The quantitative estimate of drug-likeness (QED) is 0.284. The van der Waals surface area contributed by atoms with Crippen molar-refractivity contribution in [2.24, 2.45) is 0 Å². The highest BCUT2D eigenvalue weighted by molar-refractivity contribution is 7.89. The number of nitrogens with one attached hydrogen (secondary N) is 1. The summed E-state index contributed by atoms with van der Waals surface area (Å²) in [5.74, 6) is 0.384. The molecule has 0 bridgehead atoms. The number of piperazine rings is 1. The smallest absolute Gasteiger partial charge is 0.262 e. The summed E-state index contributed by atoms with van der Waals surface area (Å²) >= 11 is 0. The Labute approximate surface area is 239 Å². The Morgan fingerprint density at radius 1 is 1.05 bits per heavy atom. The fraction of sp³-hybridized carbons (Fsp3) is 0.464. The van der Waals surface area contributed by atoms with Crippen molar-refractivity contribution in [1.29, 1.82) is 0 Å². The molecule has 0 radical (unpaired) electrons. The molecule has 4 aromatic heterocycles. The molecular formula is C28H36N8O4S. The third kappa shape index (κ3) is 6.02. The molecular weight excluding hydrogens is 544 g/mol. The molecule has 1 aliphatic heterocycles. The Kier molecular flexibility index (Phi) is 8.76. The lowest BCUT2D eigenvalue weighted by Crippen LogP contribution is -2.48. The Morgan fingerprint density at radius 3 is 2.54 bits per heavy atom. The van der Waals surface area contributed by atoms with E-state index in [9.17, 15) is 13.2 Å². The van der Waals surface area contributed by atoms with Crippen LogP contribution in [0.5, 0.6) is 5.88 Å². The minimum atomic E-state index is -3.82. The molecule has 4 aromatic rings. The maximum absolute atomic E-state index is 13.6. The molecule has 0 aliphatic carbocycles. The van der Waals surface area contributed by atoms with Gasteiger partial charge in [0.1, 0.15) is 16.1 Å². The lowest BCUT2D eigenvalue weighted by molar-refractivity contribution is 0.196. The van der Waals surface area contributed by atoms with Crippen molar-refractivity contribution >= 4 is 21.1 Å². The van der Waals surface area contributed by atoms with Gasteiger partial charge >= 0.3 is 0 Å². The van der Waals surface area contributed by atoms with Gasteiger partial charge in [0, 0.05) is 51.0 Å². The number of aromatic amines is 1. The second-order valence-electron chi connectivity index (χ2n) is 9.99. The molecule has 1 saturated heterocycles. The van der Waals surface area contributed by atoms with Gasteiger partial charge in [-0.2, -0.15) is 9.40 Å². The summed E-state index contributed by atoms with van der Waals surface area (Å²) < 4.78 is 36.3. The summed E-state index contributed by atoms with van der Waals surface area (Å²) in [4.78, 5) is 32.2. The van der Waals surface area contributed by atoms with Crippen molar-refractivity contribution in [2.45, 2.75) is 51.5 Å². The van der Waals surface area contributed by atoms with Gasteiger partial charge in [-0.05, 0) is 37.6 Å². The van der Waals surface area contributed by atoms with Crippen LogP contribution in [0.3, 0.4) is 0 Å². The maximum Gasteiger partial charge on any atom is 0.262 e. The highest BCUT2D eigenvalue weighted by Gasteiger charge is 2.30. The van der Waals surface area contributed by atoms with Crippen LogP contribution in [0.15, 0.2) is 46.3 Å². The molecule has 0 atom stereocenters. The fourth-order valence-electron chi connectivity index (χ4n) is 4.94. The van der Waals surface area contributed by atoms with E-state index in [-0.39, 0.29) is 22.2 Å². The van der Waals surface area contributed by atoms with Crippen LogP contribution in [-0.2, 0) is 23.0 Å². The van der Waals surface area contributed by atoms with E-state index in [0.29, 0.717) is 68.0 Å². The number of aryl methyl sites for hydroxylation is 1. The molecule has 12 nitrogen and oxygen atoms in total. The first-order valence-electron chi connectivity index (χ1n) is 14.1. The van der Waals surface area contributed by atoms with E-state index in [4.69, 9.17) is 14.8 Å². The molecule has 1 N–H and O–H groups in total. The van der Waals surface area contributed by atoms with E-state index in [2.05, 4.69) is 26.8 Å². The van der Waals surface area contributed by atoms with E-state index in [1.807, 2.05) is 32.0 Å². The largest absolute Gasteiger partial charge is 0.477 e. The Morgan fingerprint density at radius 2 is 1.85 bits per heavy atom. The van der Waals surface area contributed by atoms with Crippen LogP contribution in [0.1, 0.15) is 45.0 Å². The first-order valence-corrected chi connectivity index (χ1v) is 15.5. The molecule has 0 aromatic carbocycles. The highest BCUT2D eigenvalue weighted by atomic mass is 32.2. The van der Waals surface area contributed by atoms with Gasteiger partial charge in [0.15, 0.2) is 5.65 Å². The van der Waals surface area contributed by atoms with Crippen LogP contribution in [0.25, 0.3) is 22.4 Å². The van der Waals surface area contributed by atoms with Gasteiger partial charge in [-0.25, -0.2) is 23.1 Å². The van der Waals surface area contributed by atoms with E-state index >= 15 is 0 Å². The number of sulfonamides is 1. The molecule has 0 saturated carbocycles. The normalized spacial score (nSPS) is 15.0. The van der Waals surface area contributed by atoms with Crippen LogP contribution >= 0.6 is 0 Å². The first-order chi connectivity index (χ1) is 19.8. The van der Waals surface area contributed by atoms with Gasteiger partial charge in [-0.1, -0.05) is 26.8 Å². The van der Waals surface area contributed by atoms with E-state index in [1.54, 1.807) is 10.9 Å². The number of pyridine rings is 2. The molecule has 0 amide bonds. The summed E-state index contributed by atoms with van der Waals surface area (Å²) in [6.07, 6.45) is 4.92. The number of likely N-dealkylation sites (N-methyl/N-ethyl adjacent to an activating group) is 1. The molecule has 5 heterocycles.